The number of aliphatic hydroxyl groups is 1. The number of carbonyl (C=O) groups is 2. The number of esters is 1. The van der Waals surface area contributed by atoms with Gasteiger partial charge in [0.2, 0.25) is 5.78 Å². The molecule has 7 nitrogen and oxygen atoms in total. The number of nitrogens with one attached hydrogen (secondary N) is 1. The van der Waals surface area contributed by atoms with Crippen LogP contribution in [0.15, 0.2) is 23.9 Å². The van der Waals surface area contributed by atoms with E-state index >= 15 is 0 Å². The minimum absolute atomic E-state index is 0.0984. The highest BCUT2D eigenvalue weighted by Gasteiger charge is 2.26. The van der Waals surface area contributed by atoms with Crippen LogP contribution in [-0.2, 0) is 9.53 Å². The van der Waals surface area contributed by atoms with Gasteiger partial charge in [-0.3, -0.25) is 4.79 Å². The van der Waals surface area contributed by atoms with E-state index < -0.39 is 11.8 Å². The van der Waals surface area contributed by atoms with E-state index in [-0.39, 0.29) is 42.1 Å². The molecule has 2 N–H and O–H groups in total. The first-order valence-electron chi connectivity index (χ1n) is 8.51. The molecule has 0 amide bonds. The number of hydrogen-bond acceptors (Lipinski definition) is 7. The van der Waals surface area contributed by atoms with Gasteiger partial charge in [-0.15, -0.1) is 0 Å². The molecule has 0 bridgehead atoms. The summed E-state index contributed by atoms with van der Waals surface area (Å²) in [5, 5.41) is 12.4. The zero-order valence-corrected chi connectivity index (χ0v) is 18.3. The molecule has 0 aliphatic rings. The Morgan fingerprint density at radius 1 is 1.22 bits per heavy atom. The van der Waals surface area contributed by atoms with E-state index in [4.69, 9.17) is 14.2 Å². The maximum absolute atomic E-state index is 13.1. The minimum Gasteiger partial charge on any atom is -0.496 e. The lowest BCUT2D eigenvalue weighted by molar-refractivity contribution is -0.138. The molecule has 0 unspecified atom stereocenters. The fourth-order valence-corrected chi connectivity index (χ4v) is 2.94. The Morgan fingerprint density at radius 3 is 2.33 bits per heavy atom. The van der Waals surface area contributed by atoms with Gasteiger partial charge in [-0.1, -0.05) is 13.8 Å². The second-order valence-corrected chi connectivity index (χ2v) is 7.16. The van der Waals surface area contributed by atoms with Crippen molar-refractivity contribution in [3.8, 4) is 11.5 Å². The molecular weight excluding hydrogens is 465 g/mol. The number of halogens is 1. The van der Waals surface area contributed by atoms with Gasteiger partial charge < -0.3 is 24.6 Å². The first-order valence-corrected chi connectivity index (χ1v) is 9.58. The van der Waals surface area contributed by atoms with Crippen molar-refractivity contribution < 1.29 is 28.9 Å². The molecule has 8 heteroatoms. The van der Waals surface area contributed by atoms with Gasteiger partial charge in [-0.2, -0.15) is 0 Å². The van der Waals surface area contributed by atoms with Gasteiger partial charge in [0.25, 0.3) is 0 Å². The summed E-state index contributed by atoms with van der Waals surface area (Å²) in [6.07, 6.45) is 1.30. The predicted octanol–water partition coefficient (Wildman–Crippen LogP) is 2.54. The van der Waals surface area contributed by atoms with Crippen LogP contribution < -0.4 is 14.8 Å². The van der Waals surface area contributed by atoms with Crippen LogP contribution in [0.2, 0.25) is 0 Å². The summed E-state index contributed by atoms with van der Waals surface area (Å²) in [6, 6.07) is 2.88. The highest BCUT2D eigenvalue weighted by Crippen LogP contribution is 2.31. The largest absolute Gasteiger partial charge is 0.496 e. The van der Waals surface area contributed by atoms with Gasteiger partial charge in [0.1, 0.15) is 17.1 Å². The zero-order valence-electron chi connectivity index (χ0n) is 16.2. The summed E-state index contributed by atoms with van der Waals surface area (Å²) < 4.78 is 16.3. The molecule has 1 rings (SSSR count). The van der Waals surface area contributed by atoms with Gasteiger partial charge in [-0.25, -0.2) is 4.79 Å². The topological polar surface area (TPSA) is 94.1 Å². The van der Waals surface area contributed by atoms with Gasteiger partial charge in [0.15, 0.2) is 0 Å². The van der Waals surface area contributed by atoms with Crippen LogP contribution in [0, 0.1) is 9.49 Å². The van der Waals surface area contributed by atoms with Crippen molar-refractivity contribution in [3.05, 3.63) is 33.0 Å². The average Bonchev–Trinajstić information content (AvgIpc) is 2.64. The van der Waals surface area contributed by atoms with Crippen molar-refractivity contribution in [1.82, 2.24) is 5.32 Å². The molecule has 27 heavy (non-hydrogen) atoms. The molecule has 1 atom stereocenters. The number of aliphatic hydroxyl groups excluding tert-OH is 1. The molecule has 0 saturated heterocycles. The SMILES string of the molecule is CCOC(=O)/C(=C\N[C@H](CO)C(C)C)C(=O)c1cc(I)c(OC)cc1OC. The third kappa shape index (κ3) is 6.10. The van der Waals surface area contributed by atoms with E-state index in [1.54, 1.807) is 19.1 Å². The number of benzene rings is 1. The Morgan fingerprint density at radius 2 is 1.85 bits per heavy atom. The molecule has 1 aromatic rings. The van der Waals surface area contributed by atoms with Crippen molar-refractivity contribution in [3.63, 3.8) is 0 Å². The normalized spacial score (nSPS) is 12.5. The summed E-state index contributed by atoms with van der Waals surface area (Å²) in [5.74, 6) is -0.345. The minimum atomic E-state index is -0.747. The van der Waals surface area contributed by atoms with E-state index in [2.05, 4.69) is 5.32 Å². The predicted molar refractivity (Wildman–Crippen MR) is 110 cm³/mol. The van der Waals surface area contributed by atoms with E-state index in [9.17, 15) is 14.7 Å². The number of methoxy groups -OCH3 is 2. The highest BCUT2D eigenvalue weighted by atomic mass is 127. The Kier molecular flexibility index (Phi) is 9.57. The Hall–Kier alpha value is -1.81. The van der Waals surface area contributed by atoms with Crippen LogP contribution in [0.4, 0.5) is 0 Å². The molecule has 0 spiro atoms. The third-order valence-corrected chi connectivity index (χ3v) is 4.74. The van der Waals surface area contributed by atoms with E-state index in [0.717, 1.165) is 0 Å². The zero-order chi connectivity index (χ0) is 20.6. The fourth-order valence-electron chi connectivity index (χ4n) is 2.25. The van der Waals surface area contributed by atoms with Gasteiger partial charge in [0.05, 0.1) is 42.6 Å². The Labute approximate surface area is 173 Å². The first-order chi connectivity index (χ1) is 12.8. The lowest BCUT2D eigenvalue weighted by atomic mass is 10.0. The summed E-state index contributed by atoms with van der Waals surface area (Å²) in [5.41, 5.74) is 0.0455. The van der Waals surface area contributed by atoms with Crippen molar-refractivity contribution in [2.24, 2.45) is 5.92 Å². The van der Waals surface area contributed by atoms with Crippen LogP contribution in [0.25, 0.3) is 0 Å². The average molecular weight is 491 g/mol. The highest BCUT2D eigenvalue weighted by molar-refractivity contribution is 14.1. The van der Waals surface area contributed by atoms with Crippen LogP contribution in [0.3, 0.4) is 0 Å². The molecule has 0 radical (unpaired) electrons. The number of hydrogen-bond donors (Lipinski definition) is 2. The van der Waals surface area contributed by atoms with Crippen LogP contribution >= 0.6 is 22.6 Å². The molecule has 0 aliphatic heterocycles. The van der Waals surface area contributed by atoms with E-state index in [1.807, 2.05) is 36.4 Å². The smallest absolute Gasteiger partial charge is 0.343 e. The molecule has 0 aliphatic carbocycles. The fraction of sp³-hybridized carbons (Fsp3) is 0.474. The number of rotatable bonds is 10. The van der Waals surface area contributed by atoms with Crippen LogP contribution in [0.1, 0.15) is 31.1 Å². The van der Waals surface area contributed by atoms with Gasteiger partial charge in [-0.05, 0) is 41.5 Å². The number of carbonyl (C=O) groups excluding carboxylic acids is 2. The van der Waals surface area contributed by atoms with Crippen molar-refractivity contribution in [2.75, 3.05) is 27.4 Å². The summed E-state index contributed by atoms with van der Waals surface area (Å²) in [4.78, 5) is 25.4. The first kappa shape index (κ1) is 23.2. The van der Waals surface area contributed by atoms with Gasteiger partial charge >= 0.3 is 5.97 Å². The molecule has 150 valence electrons. The number of Topliss-reactive ketones (excluding diaryl/α,β-unsaturated/α-hetero) is 1. The second-order valence-electron chi connectivity index (χ2n) is 5.99. The Balaban J connectivity index is 3.36. The molecule has 0 heterocycles. The molecule has 0 aromatic heterocycles. The monoisotopic (exact) mass is 491 g/mol. The number of ketones is 1. The maximum atomic E-state index is 13.1. The quantitative estimate of drug-likeness (QED) is 0.130. The van der Waals surface area contributed by atoms with E-state index in [0.29, 0.717) is 9.32 Å². The summed E-state index contributed by atoms with van der Waals surface area (Å²) in [7, 11) is 2.96. The van der Waals surface area contributed by atoms with Crippen molar-refractivity contribution in [2.45, 2.75) is 26.8 Å². The van der Waals surface area contributed by atoms with Crippen molar-refractivity contribution in [1.29, 1.82) is 0 Å². The summed E-state index contributed by atoms with van der Waals surface area (Å²) in [6.45, 7) is 5.50. The third-order valence-electron chi connectivity index (χ3n) is 3.90. The van der Waals surface area contributed by atoms with Crippen molar-refractivity contribution >= 4 is 34.3 Å². The van der Waals surface area contributed by atoms with Crippen LogP contribution in [0.5, 0.6) is 11.5 Å². The lowest BCUT2D eigenvalue weighted by Crippen LogP contribution is -2.34. The standard InChI is InChI=1S/C19H26INO6/c1-6-27-19(24)13(9-21-15(10-22)11(2)3)18(23)12-7-14(20)17(26-5)8-16(12)25-4/h7-9,11,15,21-22H,6,10H2,1-5H3/b13-9-/t15-/m1/s1. The van der Waals surface area contributed by atoms with Gasteiger partial charge in [0, 0.05) is 12.3 Å². The maximum Gasteiger partial charge on any atom is 0.343 e. The second kappa shape index (κ2) is 11.1. The molecule has 1 aromatic carbocycles. The van der Waals surface area contributed by atoms with Crippen LogP contribution in [-0.4, -0.2) is 50.3 Å². The molecule has 0 saturated carbocycles. The Bertz CT molecular complexity index is 702. The lowest BCUT2D eigenvalue weighted by Gasteiger charge is -2.19. The van der Waals surface area contributed by atoms with E-state index in [1.165, 1.54) is 20.4 Å². The number of ether oxygens (including phenoxy) is 3. The summed E-state index contributed by atoms with van der Waals surface area (Å²) >= 11 is 2.04. The molecule has 0 fully saturated rings. The molecular formula is C19H26INO6.